The second-order valence-corrected chi connectivity index (χ2v) is 5.48. The van der Waals surface area contributed by atoms with E-state index in [1.807, 2.05) is 0 Å². The Bertz CT molecular complexity index is 367. The minimum Gasteiger partial charge on any atom is -0.367 e. The number of hydrogen-bond acceptors (Lipinski definition) is 2. The van der Waals surface area contributed by atoms with Crippen LogP contribution in [0.3, 0.4) is 0 Å². The van der Waals surface area contributed by atoms with Crippen LogP contribution in [0.2, 0.25) is 0 Å². The molecule has 0 saturated carbocycles. The van der Waals surface area contributed by atoms with E-state index in [-0.39, 0.29) is 0 Å². The highest BCUT2D eigenvalue weighted by Crippen LogP contribution is 2.26. The largest absolute Gasteiger partial charge is 0.367 e. The Labute approximate surface area is 113 Å². The maximum atomic E-state index is 3.59. The first-order valence-corrected chi connectivity index (χ1v) is 7.43. The van der Waals surface area contributed by atoms with E-state index >= 15 is 0 Å². The third-order valence-corrected chi connectivity index (χ3v) is 4.10. The number of para-hydroxylation sites is 1. The molecule has 1 atom stereocenters. The van der Waals surface area contributed by atoms with Crippen molar-refractivity contribution in [2.75, 3.05) is 31.6 Å². The molecule has 0 N–H and O–H groups in total. The minimum atomic E-state index is 0.586. The molecular formula is C14H21BrN2. The molecule has 0 aliphatic carbocycles. The van der Waals surface area contributed by atoms with E-state index in [2.05, 4.69) is 64.0 Å². The van der Waals surface area contributed by atoms with Crippen LogP contribution in [0.4, 0.5) is 5.69 Å². The molecule has 2 rings (SSSR count). The van der Waals surface area contributed by atoms with Gasteiger partial charge in [-0.15, -0.1) is 0 Å². The van der Waals surface area contributed by atoms with Crippen LogP contribution >= 0.6 is 15.9 Å². The molecule has 1 unspecified atom stereocenters. The van der Waals surface area contributed by atoms with Gasteiger partial charge in [-0.3, -0.25) is 0 Å². The van der Waals surface area contributed by atoms with Crippen LogP contribution in [0, 0.1) is 0 Å². The molecule has 0 spiro atoms. The SMILES string of the molecule is CC1CN(C)CCCN1c1ccccc1CBr. The molecule has 1 heterocycles. The van der Waals surface area contributed by atoms with Crippen LogP contribution in [-0.2, 0) is 5.33 Å². The summed E-state index contributed by atoms with van der Waals surface area (Å²) in [5, 5.41) is 0.933. The summed E-state index contributed by atoms with van der Waals surface area (Å²) in [6.45, 7) is 5.84. The maximum absolute atomic E-state index is 3.59. The summed E-state index contributed by atoms with van der Waals surface area (Å²) in [5.74, 6) is 0. The number of nitrogens with zero attached hydrogens (tertiary/aromatic N) is 2. The minimum absolute atomic E-state index is 0.586. The topological polar surface area (TPSA) is 6.48 Å². The quantitative estimate of drug-likeness (QED) is 0.774. The van der Waals surface area contributed by atoms with Crippen LogP contribution in [0.5, 0.6) is 0 Å². The van der Waals surface area contributed by atoms with Crippen molar-refractivity contribution in [3.8, 4) is 0 Å². The zero-order chi connectivity index (χ0) is 12.3. The second kappa shape index (κ2) is 5.87. The van der Waals surface area contributed by atoms with Crippen LogP contribution in [0.15, 0.2) is 24.3 Å². The number of halogens is 1. The van der Waals surface area contributed by atoms with Gasteiger partial charge in [0.15, 0.2) is 0 Å². The van der Waals surface area contributed by atoms with Gasteiger partial charge >= 0.3 is 0 Å². The average molecular weight is 297 g/mol. The molecule has 0 amide bonds. The Morgan fingerprint density at radius 3 is 2.82 bits per heavy atom. The maximum Gasteiger partial charge on any atom is 0.0410 e. The van der Waals surface area contributed by atoms with E-state index in [0.717, 1.165) is 18.4 Å². The van der Waals surface area contributed by atoms with Gasteiger partial charge in [-0.2, -0.15) is 0 Å². The van der Waals surface area contributed by atoms with E-state index < -0.39 is 0 Å². The van der Waals surface area contributed by atoms with Gasteiger partial charge in [0.25, 0.3) is 0 Å². The molecule has 0 bridgehead atoms. The third-order valence-electron chi connectivity index (χ3n) is 3.49. The zero-order valence-electron chi connectivity index (χ0n) is 10.7. The van der Waals surface area contributed by atoms with Gasteiger partial charge in [0.05, 0.1) is 0 Å². The summed E-state index contributed by atoms with van der Waals surface area (Å²) in [6.07, 6.45) is 1.25. The highest BCUT2D eigenvalue weighted by Gasteiger charge is 2.21. The van der Waals surface area contributed by atoms with Crippen molar-refractivity contribution < 1.29 is 0 Å². The number of likely N-dealkylation sites (N-methyl/N-ethyl adjacent to an activating group) is 1. The smallest absolute Gasteiger partial charge is 0.0410 e. The van der Waals surface area contributed by atoms with Gasteiger partial charge in [0, 0.05) is 30.1 Å². The summed E-state index contributed by atoms with van der Waals surface area (Å²) >= 11 is 3.59. The molecule has 1 aliphatic rings. The van der Waals surface area contributed by atoms with Gasteiger partial charge in [0.1, 0.15) is 0 Å². The molecule has 1 aromatic carbocycles. The fraction of sp³-hybridized carbons (Fsp3) is 0.571. The molecule has 1 fully saturated rings. The molecule has 1 aliphatic heterocycles. The van der Waals surface area contributed by atoms with Crippen LogP contribution in [0.25, 0.3) is 0 Å². The first-order chi connectivity index (χ1) is 8.22. The predicted octanol–water partition coefficient (Wildman–Crippen LogP) is 3.11. The molecule has 0 aromatic heterocycles. The summed E-state index contributed by atoms with van der Waals surface area (Å²) < 4.78 is 0. The van der Waals surface area contributed by atoms with Crippen LogP contribution in [0.1, 0.15) is 18.9 Å². The van der Waals surface area contributed by atoms with E-state index in [1.165, 1.54) is 24.2 Å². The van der Waals surface area contributed by atoms with Crippen LogP contribution < -0.4 is 4.90 Å². The van der Waals surface area contributed by atoms with Crippen molar-refractivity contribution in [1.82, 2.24) is 4.90 Å². The number of benzene rings is 1. The van der Waals surface area contributed by atoms with Crippen molar-refractivity contribution >= 4 is 21.6 Å². The fourth-order valence-electron chi connectivity index (χ4n) is 2.63. The lowest BCUT2D eigenvalue weighted by Crippen LogP contribution is -2.38. The summed E-state index contributed by atoms with van der Waals surface area (Å²) in [5.41, 5.74) is 2.79. The van der Waals surface area contributed by atoms with E-state index in [4.69, 9.17) is 0 Å². The van der Waals surface area contributed by atoms with Crippen molar-refractivity contribution in [3.05, 3.63) is 29.8 Å². The zero-order valence-corrected chi connectivity index (χ0v) is 12.3. The van der Waals surface area contributed by atoms with Gasteiger partial charge in [0.2, 0.25) is 0 Å². The predicted molar refractivity (Wildman–Crippen MR) is 78.0 cm³/mol. The van der Waals surface area contributed by atoms with Crippen molar-refractivity contribution in [3.63, 3.8) is 0 Å². The normalized spacial score (nSPS) is 22.5. The Morgan fingerprint density at radius 1 is 1.29 bits per heavy atom. The molecular weight excluding hydrogens is 276 g/mol. The monoisotopic (exact) mass is 296 g/mol. The lowest BCUT2D eigenvalue weighted by Gasteiger charge is -2.31. The van der Waals surface area contributed by atoms with Gasteiger partial charge in [-0.1, -0.05) is 34.1 Å². The number of rotatable bonds is 2. The molecule has 17 heavy (non-hydrogen) atoms. The third kappa shape index (κ3) is 3.02. The molecule has 2 nitrogen and oxygen atoms in total. The Hall–Kier alpha value is -0.540. The summed E-state index contributed by atoms with van der Waals surface area (Å²) in [6, 6.07) is 9.31. The second-order valence-electron chi connectivity index (χ2n) is 4.92. The lowest BCUT2D eigenvalue weighted by molar-refractivity contribution is 0.337. The summed E-state index contributed by atoms with van der Waals surface area (Å²) in [4.78, 5) is 4.99. The molecule has 94 valence electrons. The molecule has 1 saturated heterocycles. The number of hydrogen-bond donors (Lipinski definition) is 0. The van der Waals surface area contributed by atoms with E-state index in [9.17, 15) is 0 Å². The number of anilines is 1. The fourth-order valence-corrected chi connectivity index (χ4v) is 3.11. The highest BCUT2D eigenvalue weighted by molar-refractivity contribution is 9.08. The standard InChI is InChI=1S/C14H21BrN2/c1-12-11-16(2)8-5-9-17(12)14-7-4-3-6-13(14)10-15/h3-4,6-7,12H,5,8-11H2,1-2H3. The van der Waals surface area contributed by atoms with Crippen molar-refractivity contribution in [2.24, 2.45) is 0 Å². The van der Waals surface area contributed by atoms with E-state index in [0.29, 0.717) is 6.04 Å². The Morgan fingerprint density at radius 2 is 2.06 bits per heavy atom. The van der Waals surface area contributed by atoms with Crippen LogP contribution in [-0.4, -0.2) is 37.6 Å². The Kier molecular flexibility index (Phi) is 4.46. The van der Waals surface area contributed by atoms with E-state index in [1.54, 1.807) is 0 Å². The van der Waals surface area contributed by atoms with Gasteiger partial charge in [-0.25, -0.2) is 0 Å². The summed E-state index contributed by atoms with van der Waals surface area (Å²) in [7, 11) is 2.22. The molecule has 1 aromatic rings. The van der Waals surface area contributed by atoms with Gasteiger partial charge in [-0.05, 0) is 38.6 Å². The highest BCUT2D eigenvalue weighted by atomic mass is 79.9. The molecule has 0 radical (unpaired) electrons. The van der Waals surface area contributed by atoms with Gasteiger partial charge < -0.3 is 9.80 Å². The first-order valence-electron chi connectivity index (χ1n) is 6.31. The number of alkyl halides is 1. The first kappa shape index (κ1) is 12.9. The van der Waals surface area contributed by atoms with Crippen molar-refractivity contribution in [1.29, 1.82) is 0 Å². The lowest BCUT2D eigenvalue weighted by atomic mass is 10.1. The molecule has 3 heteroatoms. The van der Waals surface area contributed by atoms with Crippen molar-refractivity contribution in [2.45, 2.75) is 24.7 Å². The Balaban J connectivity index is 2.25. The average Bonchev–Trinajstić information content (AvgIpc) is 2.50.